The van der Waals surface area contributed by atoms with E-state index in [1.807, 2.05) is 0 Å². The minimum Gasteiger partial charge on any atom is -0.381 e. The number of Topliss-reactive ketones (excluding diaryl/α,β-unsaturated/α-hetero) is 1. The van der Waals surface area contributed by atoms with Gasteiger partial charge in [-0.15, -0.1) is 0 Å². The molecule has 1 aromatic rings. The molecule has 0 spiro atoms. The van der Waals surface area contributed by atoms with Crippen LogP contribution in [0.25, 0.3) is 0 Å². The molecule has 1 fully saturated rings. The SMILES string of the molecule is O=C(CC1CCOCC1)c1ccc(Cl)cc1[N+](=O)[O-]. The quantitative estimate of drug-likeness (QED) is 0.483. The average Bonchev–Trinajstić information content (AvgIpc) is 2.39. The van der Waals surface area contributed by atoms with E-state index in [2.05, 4.69) is 0 Å². The van der Waals surface area contributed by atoms with Crippen LogP contribution in [-0.2, 0) is 4.74 Å². The number of nitro groups is 1. The van der Waals surface area contributed by atoms with Crippen molar-refractivity contribution in [3.8, 4) is 0 Å². The van der Waals surface area contributed by atoms with Crippen molar-refractivity contribution < 1.29 is 14.5 Å². The Morgan fingerprint density at radius 3 is 2.74 bits per heavy atom. The molecular weight excluding hydrogens is 270 g/mol. The van der Waals surface area contributed by atoms with Crippen molar-refractivity contribution in [3.05, 3.63) is 38.9 Å². The van der Waals surface area contributed by atoms with Gasteiger partial charge in [-0.25, -0.2) is 0 Å². The fourth-order valence-electron chi connectivity index (χ4n) is 2.21. The number of nitrogens with zero attached hydrogens (tertiary/aromatic N) is 1. The summed E-state index contributed by atoms with van der Waals surface area (Å²) in [6, 6.07) is 4.16. The van der Waals surface area contributed by atoms with Crippen molar-refractivity contribution >= 4 is 23.1 Å². The Balaban J connectivity index is 2.16. The minimum absolute atomic E-state index is 0.140. The molecule has 1 aromatic carbocycles. The molecule has 5 nitrogen and oxygen atoms in total. The van der Waals surface area contributed by atoms with E-state index in [4.69, 9.17) is 16.3 Å². The maximum Gasteiger partial charge on any atom is 0.281 e. The van der Waals surface area contributed by atoms with E-state index in [-0.39, 0.29) is 28.0 Å². The molecule has 1 heterocycles. The summed E-state index contributed by atoms with van der Waals surface area (Å²) in [5, 5.41) is 11.2. The molecule has 2 rings (SSSR count). The van der Waals surface area contributed by atoms with Gasteiger partial charge in [0.1, 0.15) is 0 Å². The van der Waals surface area contributed by atoms with E-state index in [0.29, 0.717) is 19.6 Å². The molecule has 0 bridgehead atoms. The van der Waals surface area contributed by atoms with E-state index < -0.39 is 4.92 Å². The number of benzene rings is 1. The van der Waals surface area contributed by atoms with Gasteiger partial charge < -0.3 is 4.74 Å². The second-order valence-corrected chi connectivity index (χ2v) is 5.04. The Labute approximate surface area is 115 Å². The van der Waals surface area contributed by atoms with Gasteiger partial charge in [-0.3, -0.25) is 14.9 Å². The van der Waals surface area contributed by atoms with Crippen LogP contribution in [-0.4, -0.2) is 23.9 Å². The van der Waals surface area contributed by atoms with Crippen LogP contribution >= 0.6 is 11.6 Å². The van der Waals surface area contributed by atoms with Crippen LogP contribution in [0.15, 0.2) is 18.2 Å². The predicted octanol–water partition coefficient (Wildman–Crippen LogP) is 3.25. The normalized spacial score (nSPS) is 16.3. The maximum absolute atomic E-state index is 12.2. The lowest BCUT2D eigenvalue weighted by Crippen LogP contribution is -2.19. The van der Waals surface area contributed by atoms with Crippen LogP contribution in [0.4, 0.5) is 5.69 Å². The van der Waals surface area contributed by atoms with Gasteiger partial charge in [0.25, 0.3) is 5.69 Å². The first-order valence-corrected chi connectivity index (χ1v) is 6.50. The first-order valence-electron chi connectivity index (χ1n) is 6.13. The smallest absolute Gasteiger partial charge is 0.281 e. The van der Waals surface area contributed by atoms with Crippen molar-refractivity contribution in [1.82, 2.24) is 0 Å². The molecule has 0 unspecified atom stereocenters. The summed E-state index contributed by atoms with van der Waals surface area (Å²) in [6.07, 6.45) is 1.98. The molecule has 1 aliphatic heterocycles. The Kier molecular flexibility index (Phi) is 4.50. The van der Waals surface area contributed by atoms with E-state index in [9.17, 15) is 14.9 Å². The van der Waals surface area contributed by atoms with Crippen LogP contribution in [0.3, 0.4) is 0 Å². The number of carbonyl (C=O) groups excluding carboxylic acids is 1. The first kappa shape index (κ1) is 14.0. The molecular formula is C13H14ClNO4. The van der Waals surface area contributed by atoms with Gasteiger partial charge in [0.2, 0.25) is 0 Å². The van der Waals surface area contributed by atoms with Gasteiger partial charge in [0, 0.05) is 30.7 Å². The number of carbonyl (C=O) groups is 1. The molecule has 1 saturated heterocycles. The summed E-state index contributed by atoms with van der Waals surface area (Å²) < 4.78 is 5.23. The highest BCUT2D eigenvalue weighted by molar-refractivity contribution is 6.31. The van der Waals surface area contributed by atoms with Gasteiger partial charge in [0.15, 0.2) is 5.78 Å². The third-order valence-corrected chi connectivity index (χ3v) is 3.51. The number of rotatable bonds is 4. The molecule has 19 heavy (non-hydrogen) atoms. The summed E-state index contributed by atoms with van der Waals surface area (Å²) in [7, 11) is 0. The van der Waals surface area contributed by atoms with E-state index >= 15 is 0 Å². The number of hydrogen-bond acceptors (Lipinski definition) is 4. The lowest BCUT2D eigenvalue weighted by atomic mass is 9.91. The maximum atomic E-state index is 12.2. The highest BCUT2D eigenvalue weighted by Crippen LogP contribution is 2.27. The molecule has 0 atom stereocenters. The highest BCUT2D eigenvalue weighted by Gasteiger charge is 2.24. The van der Waals surface area contributed by atoms with Crippen molar-refractivity contribution in [2.24, 2.45) is 5.92 Å². The number of hydrogen-bond donors (Lipinski definition) is 0. The standard InChI is InChI=1S/C13H14ClNO4/c14-10-1-2-11(12(8-10)15(17)18)13(16)7-9-3-5-19-6-4-9/h1-2,8-9H,3-7H2. The van der Waals surface area contributed by atoms with Crippen molar-refractivity contribution in [3.63, 3.8) is 0 Å². The number of nitro benzene ring substituents is 1. The fraction of sp³-hybridized carbons (Fsp3) is 0.462. The van der Waals surface area contributed by atoms with Crippen molar-refractivity contribution in [2.75, 3.05) is 13.2 Å². The van der Waals surface area contributed by atoms with Crippen LogP contribution in [0.2, 0.25) is 5.02 Å². The molecule has 6 heteroatoms. The monoisotopic (exact) mass is 283 g/mol. The number of ketones is 1. The van der Waals surface area contributed by atoms with Crippen LogP contribution < -0.4 is 0 Å². The van der Waals surface area contributed by atoms with Gasteiger partial charge >= 0.3 is 0 Å². The van der Waals surface area contributed by atoms with E-state index in [1.165, 1.54) is 18.2 Å². The van der Waals surface area contributed by atoms with Crippen LogP contribution in [0, 0.1) is 16.0 Å². The second-order valence-electron chi connectivity index (χ2n) is 4.60. The summed E-state index contributed by atoms with van der Waals surface area (Å²) in [4.78, 5) is 22.5. The predicted molar refractivity (Wildman–Crippen MR) is 70.6 cm³/mol. The number of ether oxygens (including phenoxy) is 1. The topological polar surface area (TPSA) is 69.4 Å². The van der Waals surface area contributed by atoms with Crippen LogP contribution in [0.1, 0.15) is 29.6 Å². The lowest BCUT2D eigenvalue weighted by molar-refractivity contribution is -0.385. The fourth-order valence-corrected chi connectivity index (χ4v) is 2.38. The number of halogens is 1. The third-order valence-electron chi connectivity index (χ3n) is 3.27. The zero-order chi connectivity index (χ0) is 13.8. The Bertz CT molecular complexity index is 497. The molecule has 0 aromatic heterocycles. The van der Waals surface area contributed by atoms with E-state index in [1.54, 1.807) is 0 Å². The lowest BCUT2D eigenvalue weighted by Gasteiger charge is -2.21. The molecule has 0 amide bonds. The highest BCUT2D eigenvalue weighted by atomic mass is 35.5. The molecule has 0 saturated carbocycles. The summed E-state index contributed by atoms with van der Waals surface area (Å²) in [5.41, 5.74) is -0.0783. The summed E-state index contributed by atoms with van der Waals surface area (Å²) in [6.45, 7) is 1.31. The third kappa shape index (κ3) is 3.52. The zero-order valence-corrected chi connectivity index (χ0v) is 11.1. The van der Waals surface area contributed by atoms with Crippen molar-refractivity contribution in [2.45, 2.75) is 19.3 Å². The largest absolute Gasteiger partial charge is 0.381 e. The molecule has 102 valence electrons. The van der Waals surface area contributed by atoms with Crippen LogP contribution in [0.5, 0.6) is 0 Å². The van der Waals surface area contributed by atoms with Crippen molar-refractivity contribution in [1.29, 1.82) is 0 Å². The molecule has 0 aliphatic carbocycles. The van der Waals surface area contributed by atoms with E-state index in [0.717, 1.165) is 12.8 Å². The second kappa shape index (κ2) is 6.12. The van der Waals surface area contributed by atoms with Gasteiger partial charge in [-0.05, 0) is 30.9 Å². The Hall–Kier alpha value is -1.46. The summed E-state index contributed by atoms with van der Waals surface area (Å²) in [5.74, 6) is 0.0480. The Morgan fingerprint density at radius 2 is 2.11 bits per heavy atom. The van der Waals surface area contributed by atoms with Gasteiger partial charge in [0.05, 0.1) is 10.5 Å². The van der Waals surface area contributed by atoms with Gasteiger partial charge in [-0.2, -0.15) is 0 Å². The zero-order valence-electron chi connectivity index (χ0n) is 10.3. The first-order chi connectivity index (χ1) is 9.08. The molecule has 1 aliphatic rings. The van der Waals surface area contributed by atoms with Gasteiger partial charge in [-0.1, -0.05) is 11.6 Å². The summed E-state index contributed by atoms with van der Waals surface area (Å²) >= 11 is 5.73. The Morgan fingerprint density at radius 1 is 1.42 bits per heavy atom. The molecule has 0 radical (unpaired) electrons. The minimum atomic E-state index is -0.566. The molecule has 0 N–H and O–H groups in total. The average molecular weight is 284 g/mol.